The normalized spacial score (nSPS) is 9.81. The molecule has 0 radical (unpaired) electrons. The summed E-state index contributed by atoms with van der Waals surface area (Å²) in [6, 6.07) is 5.69. The zero-order chi connectivity index (χ0) is 15.1. The molecule has 21 heavy (non-hydrogen) atoms. The van der Waals surface area contributed by atoms with Crippen molar-refractivity contribution in [1.29, 1.82) is 0 Å². The summed E-state index contributed by atoms with van der Waals surface area (Å²) in [7, 11) is 0. The van der Waals surface area contributed by atoms with Crippen LogP contribution in [0.2, 0.25) is 0 Å². The van der Waals surface area contributed by atoms with E-state index in [0.29, 0.717) is 19.5 Å². The number of hydrogen-bond donors (Lipinski definition) is 2. The molecular weight excluding hydrogens is 266 g/mol. The highest BCUT2D eigenvalue weighted by Crippen LogP contribution is 2.14. The summed E-state index contributed by atoms with van der Waals surface area (Å²) >= 11 is 0. The monoisotopic (exact) mass is 283 g/mol. The highest BCUT2D eigenvalue weighted by molar-refractivity contribution is 5.90. The minimum Gasteiger partial charge on any atom is -0.326 e. The SMILES string of the molecule is Cc1cc(C#CCN)cc(NC(=O)CCn2ccnn2)c1. The molecule has 1 aromatic carbocycles. The maximum atomic E-state index is 11.9. The van der Waals surface area contributed by atoms with Gasteiger partial charge in [-0.15, -0.1) is 5.10 Å². The summed E-state index contributed by atoms with van der Waals surface area (Å²) in [6.45, 7) is 2.77. The predicted molar refractivity (Wildman–Crippen MR) is 80.4 cm³/mol. The number of amides is 1. The third-order valence-corrected chi connectivity index (χ3v) is 2.74. The second-order valence-corrected chi connectivity index (χ2v) is 4.56. The summed E-state index contributed by atoms with van der Waals surface area (Å²) < 4.78 is 1.62. The number of nitrogens with zero attached hydrogens (tertiary/aromatic N) is 3. The highest BCUT2D eigenvalue weighted by atomic mass is 16.1. The molecule has 2 aromatic rings. The van der Waals surface area contributed by atoms with Gasteiger partial charge in [0.2, 0.25) is 5.91 Å². The molecule has 6 nitrogen and oxygen atoms in total. The number of aryl methyl sites for hydroxylation is 2. The van der Waals surface area contributed by atoms with Crippen LogP contribution in [0, 0.1) is 18.8 Å². The zero-order valence-corrected chi connectivity index (χ0v) is 11.8. The molecule has 3 N–H and O–H groups in total. The lowest BCUT2D eigenvalue weighted by Gasteiger charge is -2.07. The van der Waals surface area contributed by atoms with Crippen molar-refractivity contribution in [3.8, 4) is 11.8 Å². The van der Waals surface area contributed by atoms with Crippen LogP contribution in [0.4, 0.5) is 5.69 Å². The molecule has 0 bridgehead atoms. The number of benzene rings is 1. The maximum absolute atomic E-state index is 11.9. The van der Waals surface area contributed by atoms with Crippen molar-refractivity contribution in [3.05, 3.63) is 41.7 Å². The van der Waals surface area contributed by atoms with E-state index in [4.69, 9.17) is 5.73 Å². The Morgan fingerprint density at radius 3 is 3.00 bits per heavy atom. The van der Waals surface area contributed by atoms with Crippen molar-refractivity contribution in [2.45, 2.75) is 19.9 Å². The van der Waals surface area contributed by atoms with Gasteiger partial charge in [0.05, 0.1) is 19.3 Å². The number of anilines is 1. The predicted octanol–water partition coefficient (Wildman–Crippen LogP) is 0.926. The zero-order valence-electron chi connectivity index (χ0n) is 11.8. The van der Waals surface area contributed by atoms with Gasteiger partial charge >= 0.3 is 0 Å². The summed E-state index contributed by atoms with van der Waals surface area (Å²) in [4.78, 5) is 11.9. The Labute approximate surface area is 123 Å². The largest absolute Gasteiger partial charge is 0.326 e. The number of rotatable bonds is 4. The van der Waals surface area contributed by atoms with Crippen LogP contribution in [0.3, 0.4) is 0 Å². The second-order valence-electron chi connectivity index (χ2n) is 4.56. The molecule has 0 spiro atoms. The van der Waals surface area contributed by atoms with Crippen molar-refractivity contribution >= 4 is 11.6 Å². The van der Waals surface area contributed by atoms with Crippen molar-refractivity contribution in [3.63, 3.8) is 0 Å². The summed E-state index contributed by atoms with van der Waals surface area (Å²) in [5.74, 6) is 5.69. The molecule has 1 aromatic heterocycles. The van der Waals surface area contributed by atoms with Gasteiger partial charge in [-0.25, -0.2) is 0 Å². The molecule has 1 heterocycles. The van der Waals surface area contributed by atoms with Gasteiger partial charge in [0.25, 0.3) is 0 Å². The van der Waals surface area contributed by atoms with Gasteiger partial charge < -0.3 is 11.1 Å². The Morgan fingerprint density at radius 2 is 2.29 bits per heavy atom. The molecule has 0 saturated carbocycles. The van der Waals surface area contributed by atoms with E-state index in [1.165, 1.54) is 0 Å². The molecule has 108 valence electrons. The van der Waals surface area contributed by atoms with E-state index in [9.17, 15) is 4.79 Å². The van der Waals surface area contributed by atoms with Gasteiger partial charge in [-0.2, -0.15) is 0 Å². The van der Waals surface area contributed by atoms with Gasteiger partial charge in [0, 0.05) is 23.9 Å². The first-order valence-corrected chi connectivity index (χ1v) is 6.62. The molecule has 0 saturated heterocycles. The lowest BCUT2D eigenvalue weighted by Crippen LogP contribution is -2.15. The molecule has 0 fully saturated rings. The van der Waals surface area contributed by atoms with Gasteiger partial charge in [-0.1, -0.05) is 17.1 Å². The Kier molecular flexibility index (Phi) is 5.07. The molecule has 0 aliphatic carbocycles. The molecule has 2 rings (SSSR count). The molecule has 1 amide bonds. The topological polar surface area (TPSA) is 85.8 Å². The number of carbonyl (C=O) groups is 1. The molecule has 0 aliphatic heterocycles. The van der Waals surface area contributed by atoms with Crippen LogP contribution in [0.1, 0.15) is 17.5 Å². The standard InChI is InChI=1S/C15H17N5O/c1-12-9-13(3-2-5-16)11-14(10-12)18-15(21)4-7-20-8-6-17-19-20/h6,8-11H,4-5,7,16H2,1H3,(H,18,21). The smallest absolute Gasteiger partial charge is 0.226 e. The van der Waals surface area contributed by atoms with E-state index in [-0.39, 0.29) is 5.91 Å². The Balaban J connectivity index is 1.98. The summed E-state index contributed by atoms with van der Waals surface area (Å²) in [5.41, 5.74) is 7.97. The average Bonchev–Trinajstić information content (AvgIpc) is 2.95. The molecule has 0 atom stereocenters. The van der Waals surface area contributed by atoms with Crippen LogP contribution < -0.4 is 11.1 Å². The second kappa shape index (κ2) is 7.22. The number of nitrogens with two attached hydrogens (primary N) is 1. The van der Waals surface area contributed by atoms with Crippen LogP contribution in [-0.4, -0.2) is 27.4 Å². The first-order chi connectivity index (χ1) is 10.2. The van der Waals surface area contributed by atoms with Crippen molar-refractivity contribution in [2.75, 3.05) is 11.9 Å². The van der Waals surface area contributed by atoms with Gasteiger partial charge in [-0.3, -0.25) is 9.48 Å². The minimum atomic E-state index is -0.0752. The minimum absolute atomic E-state index is 0.0752. The molecule has 6 heteroatoms. The van der Waals surface area contributed by atoms with Crippen LogP contribution in [0.15, 0.2) is 30.6 Å². The first-order valence-electron chi connectivity index (χ1n) is 6.62. The van der Waals surface area contributed by atoms with Gasteiger partial charge in [-0.05, 0) is 30.7 Å². The maximum Gasteiger partial charge on any atom is 0.226 e. The summed E-state index contributed by atoms with van der Waals surface area (Å²) in [6.07, 6.45) is 3.64. The third-order valence-electron chi connectivity index (χ3n) is 2.74. The van der Waals surface area contributed by atoms with Crippen LogP contribution in [0.25, 0.3) is 0 Å². The van der Waals surface area contributed by atoms with Gasteiger partial charge in [0.1, 0.15) is 0 Å². The van der Waals surface area contributed by atoms with Crippen LogP contribution >= 0.6 is 0 Å². The average molecular weight is 283 g/mol. The Hall–Kier alpha value is -2.65. The summed E-state index contributed by atoms with van der Waals surface area (Å²) in [5, 5.41) is 10.4. The third kappa shape index (κ3) is 4.75. The number of carbonyl (C=O) groups excluding carboxylic acids is 1. The molecular formula is C15H17N5O. The van der Waals surface area contributed by atoms with E-state index >= 15 is 0 Å². The fraction of sp³-hybridized carbons (Fsp3) is 0.267. The quantitative estimate of drug-likeness (QED) is 0.817. The number of aromatic nitrogens is 3. The molecule has 0 aliphatic rings. The van der Waals surface area contributed by atoms with Gasteiger partial charge in [0.15, 0.2) is 0 Å². The fourth-order valence-corrected chi connectivity index (χ4v) is 1.87. The van der Waals surface area contributed by atoms with Crippen molar-refractivity contribution < 1.29 is 4.79 Å². The van der Waals surface area contributed by atoms with E-state index in [2.05, 4.69) is 27.5 Å². The lowest BCUT2D eigenvalue weighted by atomic mass is 10.1. The lowest BCUT2D eigenvalue weighted by molar-refractivity contribution is -0.116. The Morgan fingerprint density at radius 1 is 1.43 bits per heavy atom. The van der Waals surface area contributed by atoms with E-state index < -0.39 is 0 Å². The Bertz CT molecular complexity index is 667. The van der Waals surface area contributed by atoms with E-state index in [1.54, 1.807) is 17.1 Å². The van der Waals surface area contributed by atoms with E-state index in [1.807, 2.05) is 25.1 Å². The van der Waals surface area contributed by atoms with Crippen LogP contribution in [-0.2, 0) is 11.3 Å². The van der Waals surface area contributed by atoms with Crippen molar-refractivity contribution in [2.24, 2.45) is 5.73 Å². The number of hydrogen-bond acceptors (Lipinski definition) is 4. The first kappa shape index (κ1) is 14.8. The molecule has 0 unspecified atom stereocenters. The highest BCUT2D eigenvalue weighted by Gasteiger charge is 2.04. The fourth-order valence-electron chi connectivity index (χ4n) is 1.87. The van der Waals surface area contributed by atoms with Crippen LogP contribution in [0.5, 0.6) is 0 Å². The van der Waals surface area contributed by atoms with E-state index in [0.717, 1.165) is 16.8 Å². The van der Waals surface area contributed by atoms with Crippen molar-refractivity contribution in [1.82, 2.24) is 15.0 Å². The number of nitrogens with one attached hydrogen (secondary N) is 1.